The molecule has 2 aliphatic rings. The maximum absolute atomic E-state index is 15.0. The molecule has 1 saturated heterocycles. The first-order valence-corrected chi connectivity index (χ1v) is 8.72. The molecule has 138 valence electrons. The first-order chi connectivity index (χ1) is 12.3. The second-order valence-corrected chi connectivity index (χ2v) is 7.10. The van der Waals surface area contributed by atoms with Gasteiger partial charge in [-0.2, -0.15) is 0 Å². The number of halogens is 1. The van der Waals surface area contributed by atoms with Gasteiger partial charge in [-0.1, -0.05) is 12.2 Å². The largest absolute Gasteiger partial charge is 0.367 e. The smallest absolute Gasteiger partial charge is 0.249 e. The van der Waals surface area contributed by atoms with Crippen LogP contribution in [0, 0.1) is 5.82 Å². The van der Waals surface area contributed by atoms with Crippen molar-refractivity contribution in [3.63, 3.8) is 0 Å². The summed E-state index contributed by atoms with van der Waals surface area (Å²) in [7, 11) is 1.84. The third kappa shape index (κ3) is 2.79. The lowest BCUT2D eigenvalue weighted by Gasteiger charge is -2.30. The van der Waals surface area contributed by atoms with E-state index >= 15 is 4.39 Å². The van der Waals surface area contributed by atoms with Gasteiger partial charge in [-0.3, -0.25) is 9.59 Å². The predicted octanol–water partition coefficient (Wildman–Crippen LogP) is 2.50. The summed E-state index contributed by atoms with van der Waals surface area (Å²) in [5, 5.41) is 0. The average molecular weight is 357 g/mol. The van der Waals surface area contributed by atoms with Gasteiger partial charge in [-0.15, -0.1) is 0 Å². The van der Waals surface area contributed by atoms with Gasteiger partial charge in [0.05, 0.1) is 5.69 Å². The van der Waals surface area contributed by atoms with E-state index in [9.17, 15) is 9.59 Å². The van der Waals surface area contributed by atoms with Gasteiger partial charge in [0, 0.05) is 37.3 Å². The van der Waals surface area contributed by atoms with Crippen molar-refractivity contribution in [3.8, 4) is 0 Å². The summed E-state index contributed by atoms with van der Waals surface area (Å²) in [6.07, 6.45) is 2.66. The first-order valence-electron chi connectivity index (χ1n) is 8.72. The van der Waals surface area contributed by atoms with Gasteiger partial charge in [0.25, 0.3) is 0 Å². The van der Waals surface area contributed by atoms with Gasteiger partial charge in [0.1, 0.15) is 5.82 Å². The van der Waals surface area contributed by atoms with Crippen LogP contribution in [0.5, 0.6) is 0 Å². The molecule has 2 N–H and O–H groups in total. The molecule has 6 heteroatoms. The van der Waals surface area contributed by atoms with Crippen molar-refractivity contribution in [2.45, 2.75) is 32.7 Å². The molecule has 1 atom stereocenters. The number of fused-ring (bicyclic) bond motifs is 1. The van der Waals surface area contributed by atoms with Crippen LogP contribution < -0.4 is 10.6 Å². The van der Waals surface area contributed by atoms with Crippen molar-refractivity contribution >= 4 is 23.1 Å². The molecule has 3 rings (SSSR count). The molecule has 0 radical (unpaired) electrons. The zero-order valence-electron chi connectivity index (χ0n) is 15.4. The van der Waals surface area contributed by atoms with Crippen LogP contribution in [-0.2, 0) is 11.2 Å². The molecule has 1 aliphatic heterocycles. The molecule has 1 aromatic rings. The number of hydrogen-bond acceptors (Lipinski definition) is 3. The zero-order valence-corrected chi connectivity index (χ0v) is 15.4. The minimum atomic E-state index is -0.611. The van der Waals surface area contributed by atoms with Gasteiger partial charge >= 0.3 is 0 Å². The Balaban J connectivity index is 2.03. The van der Waals surface area contributed by atoms with Crippen LogP contribution in [0.4, 0.5) is 10.1 Å². The Labute approximate surface area is 152 Å². The lowest BCUT2D eigenvalue weighted by molar-refractivity contribution is -0.125. The first kappa shape index (κ1) is 18.2. The maximum atomic E-state index is 15.0. The fourth-order valence-electron chi connectivity index (χ4n) is 4.01. The number of nitrogens with two attached hydrogens (primary N) is 1. The van der Waals surface area contributed by atoms with Crippen LogP contribution in [0.15, 0.2) is 24.3 Å². The Morgan fingerprint density at radius 1 is 1.42 bits per heavy atom. The van der Waals surface area contributed by atoms with E-state index in [1.807, 2.05) is 25.8 Å². The summed E-state index contributed by atoms with van der Waals surface area (Å²) in [6, 6.07) is 1.26. The molecular formula is C20H24FN3O2. The van der Waals surface area contributed by atoms with E-state index in [0.717, 1.165) is 28.7 Å². The van der Waals surface area contributed by atoms with Crippen LogP contribution in [0.1, 0.15) is 41.8 Å². The topological polar surface area (TPSA) is 66.6 Å². The van der Waals surface area contributed by atoms with Gasteiger partial charge in [0.15, 0.2) is 0 Å². The molecule has 0 unspecified atom stereocenters. The number of amides is 2. The summed E-state index contributed by atoms with van der Waals surface area (Å²) in [6.45, 7) is 8.61. The number of allylic oxidation sites excluding steroid dienone is 2. The molecule has 0 bridgehead atoms. The molecule has 0 aromatic heterocycles. The third-order valence-corrected chi connectivity index (χ3v) is 5.63. The van der Waals surface area contributed by atoms with Crippen molar-refractivity contribution in [1.82, 2.24) is 4.90 Å². The Morgan fingerprint density at radius 3 is 2.73 bits per heavy atom. The zero-order chi connectivity index (χ0) is 19.2. The molecule has 26 heavy (non-hydrogen) atoms. The minimum absolute atomic E-state index is 0.00522. The van der Waals surface area contributed by atoms with Gasteiger partial charge in [-0.05, 0) is 50.0 Å². The molecule has 1 fully saturated rings. The molecule has 1 aromatic carbocycles. The van der Waals surface area contributed by atoms with Crippen LogP contribution in [0.25, 0.3) is 5.57 Å². The molecule has 2 amide bonds. The second kappa shape index (κ2) is 6.59. The fourth-order valence-corrected chi connectivity index (χ4v) is 4.01. The Bertz CT molecular complexity index is 844. The minimum Gasteiger partial charge on any atom is -0.367 e. The van der Waals surface area contributed by atoms with Crippen LogP contribution >= 0.6 is 0 Å². The number of nitrogens with zero attached hydrogens (tertiary/aromatic N) is 2. The van der Waals surface area contributed by atoms with Gasteiger partial charge in [0.2, 0.25) is 11.8 Å². The average Bonchev–Trinajstić information content (AvgIpc) is 3.20. The molecule has 1 heterocycles. The van der Waals surface area contributed by atoms with Crippen LogP contribution in [0.2, 0.25) is 0 Å². The number of carbonyl (C=O) groups is 2. The van der Waals surface area contributed by atoms with Crippen LogP contribution in [0.3, 0.4) is 0 Å². The Morgan fingerprint density at radius 2 is 2.12 bits per heavy atom. The highest BCUT2D eigenvalue weighted by atomic mass is 19.1. The predicted molar refractivity (Wildman–Crippen MR) is 100 cm³/mol. The van der Waals surface area contributed by atoms with Crippen molar-refractivity contribution < 1.29 is 14.0 Å². The number of likely N-dealkylation sites (N-methyl/N-ethyl adjacent to an activating group) is 1. The number of rotatable bonds is 4. The van der Waals surface area contributed by atoms with E-state index in [4.69, 9.17) is 5.73 Å². The SMILES string of the molecule is C=CC(=O)N1CC[C@H](N(C)c2c(F)cc(C(N)=O)c3c2C(C)=C(C)C3)C1. The van der Waals surface area contributed by atoms with E-state index in [0.29, 0.717) is 25.2 Å². The van der Waals surface area contributed by atoms with E-state index in [1.54, 1.807) is 4.90 Å². The van der Waals surface area contributed by atoms with Crippen LogP contribution in [-0.4, -0.2) is 42.9 Å². The molecule has 0 saturated carbocycles. The summed E-state index contributed by atoms with van der Waals surface area (Å²) in [5.41, 5.74) is 9.87. The summed E-state index contributed by atoms with van der Waals surface area (Å²) < 4.78 is 15.0. The lowest BCUT2D eigenvalue weighted by atomic mass is 9.96. The molecule has 0 spiro atoms. The van der Waals surface area contributed by atoms with Crippen molar-refractivity contribution in [2.24, 2.45) is 5.73 Å². The Hall–Kier alpha value is -2.63. The number of primary amides is 1. The second-order valence-electron chi connectivity index (χ2n) is 7.10. The highest BCUT2D eigenvalue weighted by molar-refractivity contribution is 5.99. The fraction of sp³-hybridized carbons (Fsp3) is 0.400. The standard InChI is InChI=1S/C20H24FN3O2/c1-5-17(25)24-7-6-13(10-24)23(4)19-16(21)9-15(20(22)26)14-8-11(2)12(3)18(14)19/h5,9,13H,1,6-8,10H2,2-4H3,(H2,22,26)/t13-/m0/s1. The highest BCUT2D eigenvalue weighted by Crippen LogP contribution is 2.43. The number of hydrogen-bond donors (Lipinski definition) is 1. The quantitative estimate of drug-likeness (QED) is 0.842. The van der Waals surface area contributed by atoms with E-state index in [2.05, 4.69) is 6.58 Å². The Kier molecular flexibility index (Phi) is 4.61. The van der Waals surface area contributed by atoms with E-state index < -0.39 is 11.7 Å². The van der Waals surface area contributed by atoms with E-state index in [1.165, 1.54) is 12.1 Å². The highest BCUT2D eigenvalue weighted by Gasteiger charge is 2.33. The maximum Gasteiger partial charge on any atom is 0.249 e. The normalized spacial score (nSPS) is 18.9. The molecular weight excluding hydrogens is 333 g/mol. The van der Waals surface area contributed by atoms with E-state index in [-0.39, 0.29) is 17.5 Å². The van der Waals surface area contributed by atoms with Gasteiger partial charge in [-0.25, -0.2) is 4.39 Å². The van der Waals surface area contributed by atoms with Crippen molar-refractivity contribution in [1.29, 1.82) is 0 Å². The summed E-state index contributed by atoms with van der Waals surface area (Å²) >= 11 is 0. The number of likely N-dealkylation sites (tertiary alicyclic amines) is 1. The summed E-state index contributed by atoms with van der Waals surface area (Å²) in [4.78, 5) is 27.2. The lowest BCUT2D eigenvalue weighted by Crippen LogP contribution is -2.37. The van der Waals surface area contributed by atoms with Crippen molar-refractivity contribution in [2.75, 3.05) is 25.0 Å². The van der Waals surface area contributed by atoms with Crippen molar-refractivity contribution in [3.05, 3.63) is 46.8 Å². The summed E-state index contributed by atoms with van der Waals surface area (Å²) in [5.74, 6) is -1.18. The number of carbonyl (C=O) groups excluding carboxylic acids is 2. The number of benzene rings is 1. The third-order valence-electron chi connectivity index (χ3n) is 5.63. The van der Waals surface area contributed by atoms with Gasteiger partial charge < -0.3 is 15.5 Å². The molecule has 5 nitrogen and oxygen atoms in total. The number of anilines is 1. The molecule has 1 aliphatic carbocycles. The monoisotopic (exact) mass is 357 g/mol.